The number of hydrogen-bond donors (Lipinski definition) is 1. The second-order valence-corrected chi connectivity index (χ2v) is 19.8. The van der Waals surface area contributed by atoms with Crippen molar-refractivity contribution in [3.8, 4) is 0 Å². The fourth-order valence-corrected chi connectivity index (χ4v) is 17.1. The third kappa shape index (κ3) is 8.71. The van der Waals surface area contributed by atoms with Crippen LogP contribution in [0.5, 0.6) is 0 Å². The molecule has 0 aliphatic carbocycles. The number of aliphatic hydroxyl groups is 1. The van der Waals surface area contributed by atoms with Crippen LogP contribution in [0, 0.1) is 5.92 Å². The van der Waals surface area contributed by atoms with Gasteiger partial charge in [0.05, 0.1) is 0 Å². The van der Waals surface area contributed by atoms with Gasteiger partial charge in [-0.25, -0.2) is 0 Å². The summed E-state index contributed by atoms with van der Waals surface area (Å²) < 4.78 is 7.06. The molecule has 0 aliphatic heterocycles. The van der Waals surface area contributed by atoms with Crippen molar-refractivity contribution in [3.05, 3.63) is 10.2 Å². The van der Waals surface area contributed by atoms with Gasteiger partial charge in [0, 0.05) is 0 Å². The Morgan fingerprint density at radius 2 is 1.25 bits per heavy atom. The van der Waals surface area contributed by atoms with Gasteiger partial charge in [-0.05, 0) is 0 Å². The predicted octanol–water partition coefficient (Wildman–Crippen LogP) is 5.95. The summed E-state index contributed by atoms with van der Waals surface area (Å²) in [6.45, 7) is 11.1. The van der Waals surface area contributed by atoms with Crippen molar-refractivity contribution >= 4 is 18.4 Å². The Morgan fingerprint density at radius 3 is 1.55 bits per heavy atom. The van der Waals surface area contributed by atoms with E-state index in [9.17, 15) is 5.11 Å². The molecule has 0 heterocycles. The maximum atomic E-state index is 10.1. The third-order valence-electron chi connectivity index (χ3n) is 4.41. The molecule has 0 aromatic carbocycles. The zero-order chi connectivity index (χ0) is 15.4. The normalized spacial score (nSPS) is 14.3. The van der Waals surface area contributed by atoms with Crippen LogP contribution >= 0.6 is 0 Å². The van der Waals surface area contributed by atoms with Crippen molar-refractivity contribution in [1.29, 1.82) is 0 Å². The van der Waals surface area contributed by atoms with E-state index in [1.165, 1.54) is 51.8 Å². The molecule has 0 amide bonds. The first-order valence-electron chi connectivity index (χ1n) is 8.88. The Kier molecular flexibility index (Phi) is 12.4. The fraction of sp³-hybridized carbons (Fsp3) is 0.889. The van der Waals surface area contributed by atoms with Gasteiger partial charge in [0.2, 0.25) is 0 Å². The Labute approximate surface area is 132 Å². The van der Waals surface area contributed by atoms with Crippen LogP contribution in [0.1, 0.15) is 73.1 Å². The molecule has 20 heavy (non-hydrogen) atoms. The van der Waals surface area contributed by atoms with Gasteiger partial charge in [-0.2, -0.15) is 0 Å². The zero-order valence-corrected chi connectivity index (χ0v) is 17.5. The van der Waals surface area contributed by atoms with Gasteiger partial charge in [-0.15, -0.1) is 0 Å². The Bertz CT molecular complexity index is 226. The Hall–Kier alpha value is 0.499. The summed E-state index contributed by atoms with van der Waals surface area (Å²) in [5.41, 5.74) is 0. The summed E-state index contributed by atoms with van der Waals surface area (Å²) in [6, 6.07) is 0. The fourth-order valence-electron chi connectivity index (χ4n) is 2.74. The van der Waals surface area contributed by atoms with E-state index in [0.29, 0.717) is 5.92 Å². The van der Waals surface area contributed by atoms with Gasteiger partial charge in [-0.1, -0.05) is 0 Å². The summed E-state index contributed by atoms with van der Waals surface area (Å²) in [5, 5.41) is 10.1. The van der Waals surface area contributed by atoms with Crippen molar-refractivity contribution in [2.75, 3.05) is 0 Å². The maximum absolute atomic E-state index is 10.1. The van der Waals surface area contributed by atoms with Crippen molar-refractivity contribution < 1.29 is 5.11 Å². The molecule has 0 aliphatic rings. The molecule has 1 atom stereocenters. The zero-order valence-electron chi connectivity index (χ0n) is 14.6. The molecule has 0 bridgehead atoms. The van der Waals surface area contributed by atoms with Gasteiger partial charge in [0.25, 0.3) is 0 Å². The Morgan fingerprint density at radius 1 is 0.850 bits per heavy atom. The second-order valence-electron chi connectivity index (χ2n) is 6.77. The van der Waals surface area contributed by atoms with Crippen LogP contribution in [0.15, 0.2) is 10.2 Å². The standard InChI is InChI=1S/C6H11O.3C4H9.Sn/c1-4-6(7)5(2)3;3*1-3-4-2;/h1,4-7H,2-3H3;3*1,3-4H2,2H3;. The third-order valence-corrected chi connectivity index (χ3v) is 18.5. The first kappa shape index (κ1) is 20.5. The van der Waals surface area contributed by atoms with Crippen LogP contribution in [-0.2, 0) is 0 Å². The molecule has 0 fully saturated rings. The predicted molar refractivity (Wildman–Crippen MR) is 94.9 cm³/mol. The molecule has 0 aromatic heterocycles. The summed E-state index contributed by atoms with van der Waals surface area (Å²) in [4.78, 5) is 0. The van der Waals surface area contributed by atoms with E-state index in [2.05, 4.69) is 44.8 Å². The summed E-state index contributed by atoms with van der Waals surface area (Å²) in [7, 11) is 0. The van der Waals surface area contributed by atoms with E-state index in [4.69, 9.17) is 0 Å². The van der Waals surface area contributed by atoms with Gasteiger partial charge in [0.15, 0.2) is 0 Å². The van der Waals surface area contributed by atoms with Crippen molar-refractivity contribution in [3.63, 3.8) is 0 Å². The molecular formula is C18H38OSn. The SMILES string of the molecule is CCC[CH2][Sn](/[CH]=C/C(O)C(C)C)([CH2]CCC)[CH2]CCC. The quantitative estimate of drug-likeness (QED) is 0.409. The molecule has 0 saturated heterocycles. The van der Waals surface area contributed by atoms with Crippen LogP contribution in [0.4, 0.5) is 0 Å². The van der Waals surface area contributed by atoms with Crippen molar-refractivity contribution in [2.45, 2.75) is 92.6 Å². The number of rotatable bonds is 12. The molecule has 0 rings (SSSR count). The summed E-state index contributed by atoms with van der Waals surface area (Å²) >= 11 is -2.15. The molecule has 0 spiro atoms. The Balaban J connectivity index is 4.91. The van der Waals surface area contributed by atoms with Crippen LogP contribution < -0.4 is 0 Å². The minimum absolute atomic E-state index is 0.240. The molecule has 0 radical (unpaired) electrons. The monoisotopic (exact) mass is 390 g/mol. The number of unbranched alkanes of at least 4 members (excludes halogenated alkanes) is 3. The van der Waals surface area contributed by atoms with Gasteiger partial charge in [0.1, 0.15) is 0 Å². The molecule has 2 heteroatoms. The molecule has 120 valence electrons. The minimum atomic E-state index is -2.15. The van der Waals surface area contributed by atoms with E-state index in [1.54, 1.807) is 0 Å². The average Bonchev–Trinajstić information content (AvgIpc) is 2.45. The topological polar surface area (TPSA) is 20.2 Å². The van der Waals surface area contributed by atoms with Crippen LogP contribution in [0.2, 0.25) is 13.3 Å². The van der Waals surface area contributed by atoms with Crippen LogP contribution in [0.3, 0.4) is 0 Å². The van der Waals surface area contributed by atoms with Crippen molar-refractivity contribution in [2.24, 2.45) is 5.92 Å². The summed E-state index contributed by atoms with van der Waals surface area (Å²) in [5.74, 6) is 0.346. The van der Waals surface area contributed by atoms with Crippen LogP contribution in [0.25, 0.3) is 0 Å². The van der Waals surface area contributed by atoms with E-state index in [0.717, 1.165) is 0 Å². The molecule has 0 saturated carbocycles. The van der Waals surface area contributed by atoms with Gasteiger partial charge < -0.3 is 0 Å². The number of hydrogen-bond acceptors (Lipinski definition) is 1. The average molecular weight is 389 g/mol. The molecule has 0 aromatic rings. The number of aliphatic hydroxyl groups excluding tert-OH is 1. The van der Waals surface area contributed by atoms with E-state index < -0.39 is 18.4 Å². The first-order chi connectivity index (χ1) is 9.51. The van der Waals surface area contributed by atoms with E-state index in [-0.39, 0.29) is 6.10 Å². The first-order valence-corrected chi connectivity index (χ1v) is 16.6. The molecule has 1 N–H and O–H groups in total. The molecular weight excluding hydrogens is 351 g/mol. The van der Waals surface area contributed by atoms with Crippen molar-refractivity contribution in [1.82, 2.24) is 0 Å². The van der Waals surface area contributed by atoms with E-state index >= 15 is 0 Å². The van der Waals surface area contributed by atoms with Gasteiger partial charge in [-0.3, -0.25) is 0 Å². The molecule has 1 nitrogen and oxygen atoms in total. The summed E-state index contributed by atoms with van der Waals surface area (Å²) in [6.07, 6.45) is 10.1. The van der Waals surface area contributed by atoms with Crippen LogP contribution in [-0.4, -0.2) is 29.6 Å². The van der Waals surface area contributed by atoms with E-state index in [1.807, 2.05) is 0 Å². The second kappa shape index (κ2) is 12.1. The van der Waals surface area contributed by atoms with Gasteiger partial charge >= 0.3 is 132 Å². The molecule has 1 unspecified atom stereocenters.